The van der Waals surface area contributed by atoms with Gasteiger partial charge in [0.25, 0.3) is 0 Å². The van der Waals surface area contributed by atoms with E-state index in [4.69, 9.17) is 9.84 Å². The van der Waals surface area contributed by atoms with Gasteiger partial charge >= 0.3 is 5.97 Å². The average Bonchev–Trinajstić information content (AvgIpc) is 2.35. The van der Waals surface area contributed by atoms with Gasteiger partial charge in [0.1, 0.15) is 24.0 Å². The van der Waals surface area contributed by atoms with Gasteiger partial charge in [-0.3, -0.25) is 4.79 Å². The molecule has 1 N–H and O–H groups in total. The number of halogens is 2. The summed E-state index contributed by atoms with van der Waals surface area (Å²) in [5.74, 6) is -1.81. The quantitative estimate of drug-likeness (QED) is 0.913. The zero-order chi connectivity index (χ0) is 14.5. The molecule has 2 aromatic carbocycles. The van der Waals surface area contributed by atoms with Gasteiger partial charge in [-0.25, -0.2) is 8.78 Å². The van der Waals surface area contributed by atoms with Crippen molar-refractivity contribution in [3.8, 4) is 5.75 Å². The number of ether oxygens (including phenoxy) is 1. The van der Waals surface area contributed by atoms with Crippen LogP contribution < -0.4 is 4.74 Å². The van der Waals surface area contributed by atoms with Crippen LogP contribution in [0.25, 0.3) is 0 Å². The van der Waals surface area contributed by atoms with Crippen molar-refractivity contribution in [2.45, 2.75) is 13.0 Å². The number of hydrogen-bond acceptors (Lipinski definition) is 2. The van der Waals surface area contributed by atoms with Crippen LogP contribution in [0, 0.1) is 11.6 Å². The normalized spacial score (nSPS) is 10.3. The average molecular weight is 278 g/mol. The Morgan fingerprint density at radius 1 is 1.05 bits per heavy atom. The highest BCUT2D eigenvalue weighted by atomic mass is 19.1. The lowest BCUT2D eigenvalue weighted by Gasteiger charge is -2.08. The monoisotopic (exact) mass is 278 g/mol. The van der Waals surface area contributed by atoms with Crippen molar-refractivity contribution in [1.29, 1.82) is 0 Å². The van der Waals surface area contributed by atoms with Gasteiger partial charge in [0.15, 0.2) is 0 Å². The molecule has 0 aliphatic heterocycles. The molecule has 0 heterocycles. The summed E-state index contributed by atoms with van der Waals surface area (Å²) in [5, 5.41) is 8.70. The van der Waals surface area contributed by atoms with Crippen molar-refractivity contribution < 1.29 is 23.4 Å². The number of benzene rings is 2. The Kier molecular flexibility index (Phi) is 4.30. The van der Waals surface area contributed by atoms with Crippen LogP contribution in [0.5, 0.6) is 5.75 Å². The summed E-state index contributed by atoms with van der Waals surface area (Å²) < 4.78 is 31.4. The van der Waals surface area contributed by atoms with Gasteiger partial charge in [-0.2, -0.15) is 0 Å². The van der Waals surface area contributed by atoms with Crippen molar-refractivity contribution in [2.75, 3.05) is 0 Å². The largest absolute Gasteiger partial charge is 0.489 e. The third-order valence-electron chi connectivity index (χ3n) is 2.58. The van der Waals surface area contributed by atoms with Crippen LogP contribution in [0.2, 0.25) is 0 Å². The molecule has 0 aliphatic carbocycles. The second-order valence-electron chi connectivity index (χ2n) is 4.28. The molecular formula is C15H12F2O3. The zero-order valence-electron chi connectivity index (χ0n) is 10.5. The molecule has 3 nitrogen and oxygen atoms in total. The van der Waals surface area contributed by atoms with Crippen LogP contribution in [0.15, 0.2) is 42.5 Å². The third-order valence-corrected chi connectivity index (χ3v) is 2.58. The Bertz CT molecular complexity index is 606. The highest BCUT2D eigenvalue weighted by molar-refractivity contribution is 5.70. The van der Waals surface area contributed by atoms with Crippen LogP contribution in [-0.4, -0.2) is 11.1 Å². The van der Waals surface area contributed by atoms with E-state index in [1.807, 2.05) is 0 Å². The Labute approximate surface area is 114 Å². The van der Waals surface area contributed by atoms with Crippen LogP contribution >= 0.6 is 0 Å². The Morgan fingerprint density at radius 2 is 1.75 bits per heavy atom. The summed E-state index contributed by atoms with van der Waals surface area (Å²) in [4.78, 5) is 10.6. The first-order valence-electron chi connectivity index (χ1n) is 5.91. The van der Waals surface area contributed by atoms with E-state index in [1.165, 1.54) is 12.1 Å². The van der Waals surface area contributed by atoms with Crippen molar-refractivity contribution >= 4 is 5.97 Å². The SMILES string of the molecule is O=C(O)Cc1cccc(OCc2cc(F)cc(F)c2)c1. The highest BCUT2D eigenvalue weighted by Crippen LogP contribution is 2.16. The number of carbonyl (C=O) groups is 1. The van der Waals surface area contributed by atoms with E-state index in [2.05, 4.69) is 0 Å². The summed E-state index contributed by atoms with van der Waals surface area (Å²) in [7, 11) is 0. The van der Waals surface area contributed by atoms with Crippen molar-refractivity contribution in [2.24, 2.45) is 0 Å². The van der Waals surface area contributed by atoms with E-state index in [0.29, 0.717) is 16.9 Å². The molecule has 0 spiro atoms. The molecule has 0 saturated carbocycles. The molecule has 0 unspecified atom stereocenters. The number of carboxylic acids is 1. The topological polar surface area (TPSA) is 46.5 Å². The molecule has 0 amide bonds. The molecule has 0 aromatic heterocycles. The molecule has 2 rings (SSSR count). The van der Waals surface area contributed by atoms with Crippen LogP contribution in [0.4, 0.5) is 8.78 Å². The third kappa shape index (κ3) is 4.05. The fourth-order valence-corrected chi connectivity index (χ4v) is 1.78. The fourth-order valence-electron chi connectivity index (χ4n) is 1.78. The molecule has 0 aliphatic rings. The Balaban J connectivity index is 2.05. The standard InChI is InChI=1S/C15H12F2O3/c16-12-4-11(5-13(17)8-12)9-20-14-3-1-2-10(6-14)7-15(18)19/h1-6,8H,7,9H2,(H,18,19). The van der Waals surface area contributed by atoms with Gasteiger partial charge in [0.2, 0.25) is 0 Å². The molecule has 0 saturated heterocycles. The summed E-state index contributed by atoms with van der Waals surface area (Å²) in [6, 6.07) is 9.73. The maximum absolute atomic E-state index is 13.0. The van der Waals surface area contributed by atoms with E-state index < -0.39 is 17.6 Å². The molecule has 2 aromatic rings. The summed E-state index contributed by atoms with van der Waals surface area (Å²) in [5.41, 5.74) is 0.964. The van der Waals surface area contributed by atoms with Gasteiger partial charge in [-0.15, -0.1) is 0 Å². The predicted molar refractivity (Wildman–Crippen MR) is 68.5 cm³/mol. The number of aliphatic carboxylic acids is 1. The minimum absolute atomic E-state index is 0.00516. The summed E-state index contributed by atoms with van der Waals surface area (Å²) in [6.07, 6.45) is -0.105. The summed E-state index contributed by atoms with van der Waals surface area (Å²) >= 11 is 0. The van der Waals surface area contributed by atoms with E-state index >= 15 is 0 Å². The first-order valence-corrected chi connectivity index (χ1v) is 5.91. The molecule has 0 radical (unpaired) electrons. The molecule has 104 valence electrons. The first-order chi connectivity index (χ1) is 9.52. The van der Waals surface area contributed by atoms with Gasteiger partial charge in [0, 0.05) is 6.07 Å². The van der Waals surface area contributed by atoms with E-state index in [9.17, 15) is 13.6 Å². The van der Waals surface area contributed by atoms with Gasteiger partial charge in [-0.1, -0.05) is 12.1 Å². The first kappa shape index (κ1) is 14.0. The maximum Gasteiger partial charge on any atom is 0.307 e. The van der Waals surface area contributed by atoms with E-state index in [-0.39, 0.29) is 13.0 Å². The Morgan fingerprint density at radius 3 is 2.40 bits per heavy atom. The van der Waals surface area contributed by atoms with E-state index in [1.54, 1.807) is 24.3 Å². The van der Waals surface area contributed by atoms with Crippen molar-refractivity contribution in [3.63, 3.8) is 0 Å². The molecular weight excluding hydrogens is 266 g/mol. The van der Waals surface area contributed by atoms with Gasteiger partial charge < -0.3 is 9.84 Å². The van der Waals surface area contributed by atoms with Crippen molar-refractivity contribution in [3.05, 3.63) is 65.2 Å². The molecule has 0 atom stereocenters. The lowest BCUT2D eigenvalue weighted by atomic mass is 10.1. The molecule has 0 fully saturated rings. The zero-order valence-corrected chi connectivity index (χ0v) is 10.5. The van der Waals surface area contributed by atoms with E-state index in [0.717, 1.165) is 6.07 Å². The van der Waals surface area contributed by atoms with Crippen molar-refractivity contribution in [1.82, 2.24) is 0 Å². The predicted octanol–water partition coefficient (Wildman–Crippen LogP) is 3.17. The fraction of sp³-hybridized carbons (Fsp3) is 0.133. The molecule has 0 bridgehead atoms. The number of carboxylic acid groups (broad SMARTS) is 1. The molecule has 20 heavy (non-hydrogen) atoms. The minimum Gasteiger partial charge on any atom is -0.489 e. The lowest BCUT2D eigenvalue weighted by molar-refractivity contribution is -0.136. The minimum atomic E-state index is -0.936. The Hall–Kier alpha value is -2.43. The number of hydrogen-bond donors (Lipinski definition) is 1. The van der Waals surface area contributed by atoms with Gasteiger partial charge in [0.05, 0.1) is 6.42 Å². The lowest BCUT2D eigenvalue weighted by Crippen LogP contribution is -2.01. The smallest absolute Gasteiger partial charge is 0.307 e. The van der Waals surface area contributed by atoms with Crippen LogP contribution in [0.3, 0.4) is 0 Å². The van der Waals surface area contributed by atoms with Gasteiger partial charge in [-0.05, 0) is 35.4 Å². The summed E-state index contributed by atoms with van der Waals surface area (Å²) in [6.45, 7) is 0.00516. The molecule has 5 heteroatoms. The maximum atomic E-state index is 13.0. The second kappa shape index (κ2) is 6.14. The van der Waals surface area contributed by atoms with Crippen LogP contribution in [0.1, 0.15) is 11.1 Å². The highest BCUT2D eigenvalue weighted by Gasteiger charge is 2.04. The second-order valence-corrected chi connectivity index (χ2v) is 4.28. The number of rotatable bonds is 5. The van der Waals surface area contributed by atoms with Crippen LogP contribution in [-0.2, 0) is 17.8 Å².